The van der Waals surface area contributed by atoms with E-state index in [4.69, 9.17) is 36.7 Å². The maximum Gasteiger partial charge on any atom is 0.262 e. The number of aliphatic imine (C=N–C) groups is 2. The molecule has 12 heteroatoms. The molecule has 2 aliphatic heterocycles. The van der Waals surface area contributed by atoms with Crippen molar-refractivity contribution in [1.82, 2.24) is 9.80 Å². The van der Waals surface area contributed by atoms with Crippen LogP contribution in [-0.4, -0.2) is 72.0 Å². The number of ether oxygens (including phenoxy) is 2. The van der Waals surface area contributed by atoms with Crippen LogP contribution in [0.5, 0.6) is 0 Å². The topological polar surface area (TPSA) is 186 Å². The Labute approximate surface area is 324 Å². The Morgan fingerprint density at radius 2 is 1.44 bits per heavy atom. The van der Waals surface area contributed by atoms with Crippen LogP contribution >= 0.6 is 0 Å². The number of amides is 2. The van der Waals surface area contributed by atoms with Crippen LogP contribution in [0.3, 0.4) is 0 Å². The van der Waals surface area contributed by atoms with Gasteiger partial charge in [-0.05, 0) is 143 Å². The van der Waals surface area contributed by atoms with Crippen molar-refractivity contribution in [3.8, 4) is 6.07 Å². The van der Waals surface area contributed by atoms with Crippen molar-refractivity contribution in [3.05, 3.63) is 64.2 Å². The molecule has 3 atom stereocenters. The molecule has 2 fully saturated rings. The molecule has 3 unspecified atom stereocenters. The molecule has 2 aromatic rings. The average Bonchev–Trinajstić information content (AvgIpc) is 3.81. The van der Waals surface area contributed by atoms with E-state index in [2.05, 4.69) is 19.1 Å². The third kappa shape index (κ3) is 5.51. The zero-order valence-corrected chi connectivity index (χ0v) is 32.6. The Kier molecular flexibility index (Phi) is 9.48. The molecule has 0 radical (unpaired) electrons. The lowest BCUT2D eigenvalue weighted by molar-refractivity contribution is -0.140. The number of anilines is 1. The molecule has 55 heavy (non-hydrogen) atoms. The van der Waals surface area contributed by atoms with Gasteiger partial charge >= 0.3 is 0 Å². The lowest BCUT2D eigenvalue weighted by Gasteiger charge is -2.45. The number of guanidine groups is 2. The van der Waals surface area contributed by atoms with Gasteiger partial charge in [0.15, 0.2) is 23.0 Å². The van der Waals surface area contributed by atoms with Crippen molar-refractivity contribution in [3.63, 3.8) is 0 Å². The van der Waals surface area contributed by atoms with E-state index < -0.39 is 11.1 Å². The second kappa shape index (κ2) is 13.9. The molecule has 4 spiro atoms. The Morgan fingerprint density at radius 3 is 2.07 bits per heavy atom. The summed E-state index contributed by atoms with van der Waals surface area (Å²) in [5.74, 6) is 0.500. The van der Waals surface area contributed by atoms with Gasteiger partial charge in [0.1, 0.15) is 0 Å². The molecule has 2 amide bonds. The van der Waals surface area contributed by atoms with Crippen LogP contribution < -0.4 is 17.2 Å². The van der Waals surface area contributed by atoms with E-state index in [1.165, 1.54) is 0 Å². The van der Waals surface area contributed by atoms with Crippen LogP contribution in [0, 0.1) is 22.2 Å². The second-order valence-electron chi connectivity index (χ2n) is 17.1. The Hall–Kier alpha value is -4.47. The first-order chi connectivity index (χ1) is 26.5. The first kappa shape index (κ1) is 37.5. The van der Waals surface area contributed by atoms with Gasteiger partial charge in [0, 0.05) is 42.8 Å². The molecule has 0 saturated heterocycles. The van der Waals surface area contributed by atoms with Crippen molar-refractivity contribution in [2.75, 3.05) is 26.0 Å². The molecule has 6 N–H and O–H groups in total. The van der Waals surface area contributed by atoms with Crippen molar-refractivity contribution < 1.29 is 19.1 Å². The molecule has 2 saturated carbocycles. The van der Waals surface area contributed by atoms with Crippen molar-refractivity contribution in [2.24, 2.45) is 32.3 Å². The van der Waals surface area contributed by atoms with Gasteiger partial charge in [0.05, 0.1) is 23.8 Å². The lowest BCUT2D eigenvalue weighted by Crippen LogP contribution is -2.53. The van der Waals surface area contributed by atoms with E-state index in [-0.39, 0.29) is 46.9 Å². The summed E-state index contributed by atoms with van der Waals surface area (Å²) in [6.07, 6.45) is 11.8. The van der Waals surface area contributed by atoms with Crippen molar-refractivity contribution in [1.29, 1.82) is 5.26 Å². The maximum atomic E-state index is 14.6. The summed E-state index contributed by atoms with van der Waals surface area (Å²) in [7, 11) is 1.75. The van der Waals surface area contributed by atoms with Gasteiger partial charge in [0.2, 0.25) is 0 Å². The predicted molar refractivity (Wildman–Crippen MR) is 211 cm³/mol. The number of benzene rings is 2. The van der Waals surface area contributed by atoms with E-state index in [0.29, 0.717) is 30.4 Å². The number of nitrogen functional groups attached to an aromatic ring is 1. The zero-order valence-electron chi connectivity index (χ0n) is 32.6. The number of nitriles is 1. The van der Waals surface area contributed by atoms with Crippen molar-refractivity contribution in [2.45, 2.75) is 133 Å². The number of methoxy groups -OCH3 is 1. The smallest absolute Gasteiger partial charge is 0.262 e. The number of nitrogens with two attached hydrogens (primary N) is 3. The van der Waals surface area contributed by atoms with Gasteiger partial charge in [0.25, 0.3) is 11.8 Å². The average molecular weight is 749 g/mol. The van der Waals surface area contributed by atoms with Crippen LogP contribution in [0.4, 0.5) is 5.69 Å². The van der Waals surface area contributed by atoms with Crippen LogP contribution in [0.25, 0.3) is 0 Å². The second-order valence-corrected chi connectivity index (χ2v) is 17.1. The van der Waals surface area contributed by atoms with E-state index in [9.17, 15) is 14.9 Å². The number of hydrogen-bond acceptors (Lipinski definition) is 10. The highest BCUT2D eigenvalue weighted by molar-refractivity contribution is 6.09. The fourth-order valence-electron chi connectivity index (χ4n) is 11.3. The van der Waals surface area contributed by atoms with E-state index in [1.807, 2.05) is 37.3 Å². The summed E-state index contributed by atoms with van der Waals surface area (Å²) in [5, 5.41) is 9.73. The first-order valence-electron chi connectivity index (χ1n) is 20.4. The Balaban J connectivity index is 0.879. The van der Waals surface area contributed by atoms with E-state index in [1.54, 1.807) is 16.9 Å². The van der Waals surface area contributed by atoms with Crippen LogP contribution in [0.1, 0.15) is 119 Å². The summed E-state index contributed by atoms with van der Waals surface area (Å²) in [5.41, 5.74) is 21.7. The normalized spacial score (nSPS) is 32.8. The van der Waals surface area contributed by atoms with Crippen LogP contribution in [0.15, 0.2) is 46.4 Å². The number of hydrogen-bond donors (Lipinski definition) is 3. The number of carbonyl (C=O) groups is 2. The lowest BCUT2D eigenvalue weighted by atomic mass is 9.61. The third-order valence-electron chi connectivity index (χ3n) is 14.4. The van der Waals surface area contributed by atoms with E-state index >= 15 is 0 Å². The predicted octanol–water partition coefficient (Wildman–Crippen LogP) is 5.15. The molecule has 2 heterocycles. The quantitative estimate of drug-likeness (QED) is 0.220. The molecule has 4 aliphatic carbocycles. The fraction of sp³-hybridized carbons (Fsp3) is 0.605. The molecule has 292 valence electrons. The number of nitrogens with zero attached hydrogens (tertiary/aromatic N) is 5. The third-order valence-corrected chi connectivity index (χ3v) is 14.4. The van der Waals surface area contributed by atoms with Crippen molar-refractivity contribution >= 4 is 29.4 Å². The van der Waals surface area contributed by atoms with Gasteiger partial charge in [-0.15, -0.1) is 0 Å². The van der Waals surface area contributed by atoms with Gasteiger partial charge in [-0.3, -0.25) is 19.4 Å². The van der Waals surface area contributed by atoms with Crippen LogP contribution in [-0.2, 0) is 43.0 Å². The molecule has 2 aromatic carbocycles. The summed E-state index contributed by atoms with van der Waals surface area (Å²) in [6.45, 7) is 5.20. The molecule has 6 aliphatic rings. The molecular formula is C43H56N8O4. The van der Waals surface area contributed by atoms with E-state index in [0.717, 1.165) is 112 Å². The summed E-state index contributed by atoms with van der Waals surface area (Å²) < 4.78 is 12.2. The summed E-state index contributed by atoms with van der Waals surface area (Å²) in [6, 6.07) is 13.9. The van der Waals surface area contributed by atoms with Gasteiger partial charge in [-0.1, -0.05) is 19.1 Å². The van der Waals surface area contributed by atoms with Gasteiger partial charge in [-0.2, -0.15) is 5.26 Å². The monoisotopic (exact) mass is 748 g/mol. The number of carbonyl (C=O) groups excluding carboxylic acids is 2. The minimum Gasteiger partial charge on any atom is -0.399 e. The molecular weight excluding hydrogens is 693 g/mol. The van der Waals surface area contributed by atoms with Crippen LogP contribution in [0.2, 0.25) is 0 Å². The molecule has 0 bridgehead atoms. The Morgan fingerprint density at radius 1 is 0.836 bits per heavy atom. The maximum absolute atomic E-state index is 14.6. The van der Waals surface area contributed by atoms with Gasteiger partial charge in [-0.25, -0.2) is 9.98 Å². The summed E-state index contributed by atoms with van der Waals surface area (Å²) >= 11 is 0. The largest absolute Gasteiger partial charge is 0.399 e. The number of fused-ring (bicyclic) bond motifs is 6. The summed E-state index contributed by atoms with van der Waals surface area (Å²) in [4.78, 5) is 42.5. The standard InChI is InChI=1S/C43H56N8O4/c1-4-27(2)51-37(53)43(49-39(51)47)35-23-31(45)11-10-30(35)25-41(43)18-14-33(15-19-41)55-21-7-5-6-20-50-36(52)42(48-38(50)46)34-22-28(26-44)8-9-29(34)24-40(42)16-12-32(54-3)13-17-40/h8-11,22-23,27,32-33H,4-7,12-21,24-25,45H2,1-3H3,(H2,46,48)(H2,47,49). The SMILES string of the molecule is CCC(C)N1C(=O)C2(N=C1N)c1cc(N)ccc1CC21CCC(OCCCCCN2C(=O)C3(N=C2N)c2cc(C#N)ccc2CC32CCC(OC)CC2)CC1. The highest BCUT2D eigenvalue weighted by Crippen LogP contribution is 2.63. The molecule has 0 aromatic heterocycles. The molecule has 8 rings (SSSR count). The zero-order chi connectivity index (χ0) is 38.8. The minimum absolute atomic E-state index is 0.0196. The fourth-order valence-corrected chi connectivity index (χ4v) is 11.3. The minimum atomic E-state index is -1.10. The molecule has 12 nitrogen and oxygen atoms in total. The number of unbranched alkanes of at least 4 members (excludes halogenated alkanes) is 2. The highest BCUT2D eigenvalue weighted by atomic mass is 16.5. The number of rotatable bonds is 10. The first-order valence-corrected chi connectivity index (χ1v) is 20.4. The van der Waals surface area contributed by atoms with Gasteiger partial charge < -0.3 is 26.7 Å². The highest BCUT2D eigenvalue weighted by Gasteiger charge is 2.68. The Bertz CT molecular complexity index is 1970.